The number of nitro groups is 1. The first kappa shape index (κ1) is 8.25. The zero-order chi connectivity index (χ0) is 9.14. The highest BCUT2D eigenvalue weighted by molar-refractivity contribution is 5.47. The van der Waals surface area contributed by atoms with Crippen molar-refractivity contribution >= 4 is 11.4 Å². The molecule has 0 aliphatic carbocycles. The second-order valence-corrected chi connectivity index (χ2v) is 2.17. The van der Waals surface area contributed by atoms with Gasteiger partial charge in [0.15, 0.2) is 0 Å². The lowest BCUT2D eigenvalue weighted by Crippen LogP contribution is -1.90. The van der Waals surface area contributed by atoms with Crippen LogP contribution in [-0.2, 0) is 0 Å². The van der Waals surface area contributed by atoms with Gasteiger partial charge in [0, 0.05) is 6.07 Å². The van der Waals surface area contributed by atoms with Crippen molar-refractivity contribution in [2.24, 2.45) is 5.11 Å². The molecule has 0 bridgehead atoms. The third kappa shape index (κ3) is 1.42. The lowest BCUT2D eigenvalue weighted by Gasteiger charge is -1.95. The molecule has 1 aromatic heterocycles. The summed E-state index contributed by atoms with van der Waals surface area (Å²) in [6.07, 6.45) is 1.14. The predicted octanol–water partition coefficient (Wildman–Crippen LogP) is 1.96. The molecule has 0 fully saturated rings. The van der Waals surface area contributed by atoms with E-state index in [-0.39, 0.29) is 11.4 Å². The molecule has 6 heteroatoms. The molecule has 0 aromatic carbocycles. The molecular formula is C6H6N4O2. The van der Waals surface area contributed by atoms with Crippen LogP contribution < -0.4 is 0 Å². The minimum Gasteiger partial charge on any atom is -0.258 e. The van der Waals surface area contributed by atoms with E-state index in [1.54, 1.807) is 6.92 Å². The third-order valence-electron chi connectivity index (χ3n) is 1.38. The quantitative estimate of drug-likeness (QED) is 0.413. The van der Waals surface area contributed by atoms with Crippen molar-refractivity contribution in [1.82, 2.24) is 4.98 Å². The van der Waals surface area contributed by atoms with Crippen LogP contribution in [0.5, 0.6) is 0 Å². The normalized spacial score (nSPS) is 9.42. The molecule has 0 saturated heterocycles. The van der Waals surface area contributed by atoms with Gasteiger partial charge < -0.3 is 0 Å². The molecule has 12 heavy (non-hydrogen) atoms. The Kier molecular flexibility index (Phi) is 2.09. The highest BCUT2D eigenvalue weighted by Gasteiger charge is 2.08. The van der Waals surface area contributed by atoms with Gasteiger partial charge in [0.25, 0.3) is 5.69 Å². The molecular weight excluding hydrogens is 160 g/mol. The molecule has 0 unspecified atom stereocenters. The molecule has 0 spiro atoms. The molecule has 1 rings (SSSR count). The van der Waals surface area contributed by atoms with Crippen LogP contribution in [0.15, 0.2) is 17.4 Å². The molecule has 0 amide bonds. The average Bonchev–Trinajstić information content (AvgIpc) is 2.05. The van der Waals surface area contributed by atoms with Gasteiger partial charge in [-0.25, -0.2) is 5.53 Å². The van der Waals surface area contributed by atoms with Crippen molar-refractivity contribution in [3.63, 3.8) is 0 Å². The Morgan fingerprint density at radius 2 is 2.42 bits per heavy atom. The fourth-order valence-corrected chi connectivity index (χ4v) is 0.724. The van der Waals surface area contributed by atoms with Crippen molar-refractivity contribution in [1.29, 1.82) is 5.53 Å². The number of nitrogens with one attached hydrogen (secondary N) is 1. The average molecular weight is 166 g/mol. The standard InChI is InChI=1S/C6H6N4O2/c1-4-6(9-7)2-5(3-8-4)10(11)12/h2-3,7H,1H3. The monoisotopic (exact) mass is 166 g/mol. The molecule has 6 nitrogen and oxygen atoms in total. The summed E-state index contributed by atoms with van der Waals surface area (Å²) in [6.45, 7) is 1.64. The molecule has 0 radical (unpaired) electrons. The van der Waals surface area contributed by atoms with Gasteiger partial charge in [-0.05, 0) is 6.92 Å². The van der Waals surface area contributed by atoms with E-state index >= 15 is 0 Å². The Morgan fingerprint density at radius 3 is 2.92 bits per heavy atom. The smallest absolute Gasteiger partial charge is 0.258 e. The molecule has 0 atom stereocenters. The topological polar surface area (TPSA) is 92.2 Å². The maximum absolute atomic E-state index is 10.2. The molecule has 62 valence electrons. The molecule has 0 saturated carbocycles. The fraction of sp³-hybridized carbons (Fsp3) is 0.167. The van der Waals surface area contributed by atoms with Gasteiger partial charge in [-0.3, -0.25) is 15.1 Å². The van der Waals surface area contributed by atoms with E-state index in [2.05, 4.69) is 10.1 Å². The van der Waals surface area contributed by atoms with Crippen molar-refractivity contribution in [3.05, 3.63) is 28.1 Å². The molecule has 1 heterocycles. The van der Waals surface area contributed by atoms with Crippen LogP contribution in [0.1, 0.15) is 5.69 Å². The van der Waals surface area contributed by atoms with E-state index in [4.69, 9.17) is 5.53 Å². The SMILES string of the molecule is Cc1ncc([N+](=O)[O-])cc1N=N. The zero-order valence-electron chi connectivity index (χ0n) is 6.31. The number of aryl methyl sites for hydroxylation is 1. The zero-order valence-corrected chi connectivity index (χ0v) is 6.31. The number of rotatable bonds is 2. The highest BCUT2D eigenvalue weighted by atomic mass is 16.6. The summed E-state index contributed by atoms with van der Waals surface area (Å²) in [6, 6.07) is 1.22. The number of nitrogens with zero attached hydrogens (tertiary/aromatic N) is 3. The largest absolute Gasteiger partial charge is 0.289 e. The van der Waals surface area contributed by atoms with Crippen molar-refractivity contribution < 1.29 is 4.92 Å². The van der Waals surface area contributed by atoms with E-state index in [0.717, 1.165) is 6.20 Å². The number of hydrogen-bond donors (Lipinski definition) is 1. The van der Waals surface area contributed by atoms with Crippen LogP contribution in [0, 0.1) is 22.6 Å². The van der Waals surface area contributed by atoms with E-state index < -0.39 is 4.92 Å². The van der Waals surface area contributed by atoms with E-state index in [0.29, 0.717) is 5.69 Å². The Labute approximate surface area is 67.9 Å². The van der Waals surface area contributed by atoms with Gasteiger partial charge in [-0.2, -0.15) is 5.11 Å². The number of hydrogen-bond acceptors (Lipinski definition) is 5. The highest BCUT2D eigenvalue weighted by Crippen LogP contribution is 2.21. The van der Waals surface area contributed by atoms with E-state index in [1.165, 1.54) is 6.07 Å². The molecule has 1 aromatic rings. The van der Waals surface area contributed by atoms with Gasteiger partial charge in [0.1, 0.15) is 11.9 Å². The van der Waals surface area contributed by atoms with Gasteiger partial charge in [-0.15, -0.1) is 0 Å². The lowest BCUT2D eigenvalue weighted by atomic mass is 10.3. The van der Waals surface area contributed by atoms with Crippen LogP contribution in [-0.4, -0.2) is 9.91 Å². The van der Waals surface area contributed by atoms with Gasteiger partial charge in [0.05, 0.1) is 10.6 Å². The number of pyridine rings is 1. The Morgan fingerprint density at radius 1 is 1.75 bits per heavy atom. The summed E-state index contributed by atoms with van der Waals surface area (Å²) >= 11 is 0. The van der Waals surface area contributed by atoms with Crippen molar-refractivity contribution in [2.45, 2.75) is 6.92 Å². The van der Waals surface area contributed by atoms with Crippen LogP contribution in [0.3, 0.4) is 0 Å². The van der Waals surface area contributed by atoms with Gasteiger partial charge in [0.2, 0.25) is 0 Å². The fourth-order valence-electron chi connectivity index (χ4n) is 0.724. The predicted molar refractivity (Wildman–Crippen MR) is 40.4 cm³/mol. The maximum atomic E-state index is 10.2. The second kappa shape index (κ2) is 3.04. The molecule has 1 N–H and O–H groups in total. The lowest BCUT2D eigenvalue weighted by molar-refractivity contribution is -0.385. The molecule has 0 aliphatic heterocycles. The van der Waals surface area contributed by atoms with Crippen molar-refractivity contribution in [3.8, 4) is 0 Å². The van der Waals surface area contributed by atoms with Gasteiger partial charge >= 0.3 is 0 Å². The van der Waals surface area contributed by atoms with E-state index in [1.807, 2.05) is 0 Å². The second-order valence-electron chi connectivity index (χ2n) is 2.17. The van der Waals surface area contributed by atoms with E-state index in [9.17, 15) is 10.1 Å². The minimum atomic E-state index is -0.568. The first-order valence-corrected chi connectivity index (χ1v) is 3.13. The Balaban J connectivity index is 3.22. The van der Waals surface area contributed by atoms with Crippen LogP contribution in [0.25, 0.3) is 0 Å². The van der Waals surface area contributed by atoms with Crippen LogP contribution in [0.2, 0.25) is 0 Å². The van der Waals surface area contributed by atoms with Gasteiger partial charge in [-0.1, -0.05) is 0 Å². The first-order chi connectivity index (χ1) is 5.65. The number of aromatic nitrogens is 1. The Bertz CT molecular complexity index is 336. The van der Waals surface area contributed by atoms with Crippen LogP contribution >= 0.6 is 0 Å². The summed E-state index contributed by atoms with van der Waals surface area (Å²) in [4.78, 5) is 13.4. The first-order valence-electron chi connectivity index (χ1n) is 3.13. The Hall–Kier alpha value is -1.85. The maximum Gasteiger partial charge on any atom is 0.289 e. The summed E-state index contributed by atoms with van der Waals surface area (Å²) in [5.41, 5.74) is 7.27. The summed E-state index contributed by atoms with van der Waals surface area (Å²) in [7, 11) is 0. The third-order valence-corrected chi connectivity index (χ3v) is 1.38. The minimum absolute atomic E-state index is 0.147. The molecule has 0 aliphatic rings. The summed E-state index contributed by atoms with van der Waals surface area (Å²) in [5.74, 6) is 0. The van der Waals surface area contributed by atoms with Crippen LogP contribution in [0.4, 0.5) is 11.4 Å². The van der Waals surface area contributed by atoms with Crippen molar-refractivity contribution in [2.75, 3.05) is 0 Å². The summed E-state index contributed by atoms with van der Waals surface area (Å²) in [5, 5.41) is 13.3. The summed E-state index contributed by atoms with van der Waals surface area (Å²) < 4.78 is 0.